The summed E-state index contributed by atoms with van der Waals surface area (Å²) >= 11 is 1.59. The zero-order chi connectivity index (χ0) is 20.4. The van der Waals surface area contributed by atoms with Gasteiger partial charge in [-0.15, -0.1) is 11.3 Å². The summed E-state index contributed by atoms with van der Waals surface area (Å²) < 4.78 is 25.8. The molecule has 0 atom stereocenters. The van der Waals surface area contributed by atoms with E-state index in [4.69, 9.17) is 5.14 Å². The molecule has 4 aromatic rings. The highest BCUT2D eigenvalue weighted by molar-refractivity contribution is 7.89. The molecule has 4 rings (SSSR count). The van der Waals surface area contributed by atoms with E-state index < -0.39 is 10.0 Å². The predicted octanol–water partition coefficient (Wildman–Crippen LogP) is 3.85. The smallest absolute Gasteiger partial charge is 0.272 e. The molecule has 2 aromatic heterocycles. The Morgan fingerprint density at radius 2 is 1.76 bits per heavy atom. The lowest BCUT2D eigenvalue weighted by atomic mass is 10.1. The SMILES string of the molecule is NS(=O)(=O)c1ccc(NC(=O)c2cc3sccc3n2CCc2ccccc2)cc1. The molecule has 0 saturated carbocycles. The third-order valence-corrected chi connectivity index (χ3v) is 6.45. The third kappa shape index (κ3) is 4.24. The maximum Gasteiger partial charge on any atom is 0.272 e. The van der Waals surface area contributed by atoms with E-state index in [9.17, 15) is 13.2 Å². The van der Waals surface area contributed by atoms with Crippen LogP contribution < -0.4 is 10.5 Å². The van der Waals surface area contributed by atoms with Gasteiger partial charge in [-0.3, -0.25) is 4.79 Å². The van der Waals surface area contributed by atoms with E-state index in [0.717, 1.165) is 16.6 Å². The number of hydrogen-bond donors (Lipinski definition) is 2. The molecule has 29 heavy (non-hydrogen) atoms. The molecule has 0 radical (unpaired) electrons. The minimum Gasteiger partial charge on any atom is -0.335 e. The number of carbonyl (C=O) groups is 1. The van der Waals surface area contributed by atoms with Gasteiger partial charge in [0.05, 0.1) is 15.1 Å². The Balaban J connectivity index is 1.58. The van der Waals surface area contributed by atoms with Crippen molar-refractivity contribution in [2.75, 3.05) is 5.32 Å². The van der Waals surface area contributed by atoms with Gasteiger partial charge in [0.15, 0.2) is 0 Å². The fourth-order valence-corrected chi connectivity index (χ4v) is 4.55. The first-order valence-corrected chi connectivity index (χ1v) is 11.4. The first kappa shape index (κ1) is 19.4. The number of thiophene rings is 1. The van der Waals surface area contributed by atoms with E-state index in [1.165, 1.54) is 29.8 Å². The van der Waals surface area contributed by atoms with Crippen molar-refractivity contribution in [1.29, 1.82) is 0 Å². The standard InChI is InChI=1S/C21H19N3O3S2/c22-29(26,27)17-8-6-16(7-9-17)23-21(25)19-14-20-18(11-13-28-20)24(19)12-10-15-4-2-1-3-5-15/h1-9,11,13-14H,10,12H2,(H,23,25)(H2,22,26,27). The van der Waals surface area contributed by atoms with Gasteiger partial charge < -0.3 is 9.88 Å². The Hall–Kier alpha value is -2.94. The lowest BCUT2D eigenvalue weighted by Crippen LogP contribution is -2.18. The van der Waals surface area contributed by atoms with Gasteiger partial charge in [-0.05, 0) is 53.8 Å². The number of anilines is 1. The molecule has 0 unspecified atom stereocenters. The number of sulfonamides is 1. The average Bonchev–Trinajstić information content (AvgIpc) is 3.28. The Morgan fingerprint density at radius 1 is 1.03 bits per heavy atom. The lowest BCUT2D eigenvalue weighted by molar-refractivity contribution is 0.101. The maximum absolute atomic E-state index is 12.9. The normalized spacial score (nSPS) is 11.6. The van der Waals surface area contributed by atoms with Gasteiger partial charge in [-0.25, -0.2) is 13.6 Å². The number of fused-ring (bicyclic) bond motifs is 1. The van der Waals surface area contributed by atoms with Crippen molar-refractivity contribution >= 4 is 43.2 Å². The number of aryl methyl sites for hydroxylation is 2. The number of benzene rings is 2. The van der Waals surface area contributed by atoms with Crippen molar-refractivity contribution in [3.05, 3.63) is 83.4 Å². The highest BCUT2D eigenvalue weighted by atomic mass is 32.2. The molecule has 0 aliphatic carbocycles. The quantitative estimate of drug-likeness (QED) is 0.491. The Morgan fingerprint density at radius 3 is 2.45 bits per heavy atom. The van der Waals surface area contributed by atoms with Gasteiger partial charge >= 0.3 is 0 Å². The van der Waals surface area contributed by atoms with Crippen LogP contribution in [0.4, 0.5) is 5.69 Å². The molecular weight excluding hydrogens is 406 g/mol. The lowest BCUT2D eigenvalue weighted by Gasteiger charge is -2.11. The minimum absolute atomic E-state index is 0.00208. The van der Waals surface area contributed by atoms with Crippen molar-refractivity contribution in [1.82, 2.24) is 4.57 Å². The van der Waals surface area contributed by atoms with Crippen LogP contribution in [0, 0.1) is 0 Å². The summed E-state index contributed by atoms with van der Waals surface area (Å²) in [7, 11) is -3.77. The second-order valence-electron chi connectivity index (χ2n) is 6.61. The van der Waals surface area contributed by atoms with Crippen molar-refractivity contribution in [3.63, 3.8) is 0 Å². The van der Waals surface area contributed by atoms with Crippen LogP contribution in [0.2, 0.25) is 0 Å². The number of carbonyl (C=O) groups excluding carboxylic acids is 1. The largest absolute Gasteiger partial charge is 0.335 e. The van der Waals surface area contributed by atoms with Crippen molar-refractivity contribution in [3.8, 4) is 0 Å². The maximum atomic E-state index is 12.9. The summed E-state index contributed by atoms with van der Waals surface area (Å²) in [6, 6.07) is 19.8. The van der Waals surface area contributed by atoms with E-state index in [1.54, 1.807) is 11.3 Å². The molecule has 2 heterocycles. The molecule has 0 saturated heterocycles. The van der Waals surface area contributed by atoms with Crippen LogP contribution >= 0.6 is 11.3 Å². The van der Waals surface area contributed by atoms with Crippen molar-refractivity contribution in [2.24, 2.45) is 5.14 Å². The number of hydrogen-bond acceptors (Lipinski definition) is 4. The number of nitrogens with two attached hydrogens (primary N) is 1. The fourth-order valence-electron chi connectivity index (χ4n) is 3.21. The average molecular weight is 426 g/mol. The van der Waals surface area contributed by atoms with Gasteiger partial charge in [-0.1, -0.05) is 30.3 Å². The Kier molecular flexibility index (Phi) is 5.23. The minimum atomic E-state index is -3.77. The first-order valence-electron chi connectivity index (χ1n) is 8.97. The van der Waals surface area contributed by atoms with E-state index in [-0.39, 0.29) is 10.8 Å². The topological polar surface area (TPSA) is 94.2 Å². The van der Waals surface area contributed by atoms with Gasteiger partial charge in [0.2, 0.25) is 10.0 Å². The highest BCUT2D eigenvalue weighted by Crippen LogP contribution is 2.26. The van der Waals surface area contributed by atoms with Crippen LogP contribution in [0.25, 0.3) is 10.2 Å². The molecule has 6 nitrogen and oxygen atoms in total. The number of nitrogens with zero attached hydrogens (tertiary/aromatic N) is 1. The summed E-state index contributed by atoms with van der Waals surface area (Å²) in [6.07, 6.45) is 0.809. The molecule has 0 aliphatic rings. The summed E-state index contributed by atoms with van der Waals surface area (Å²) in [5.74, 6) is -0.246. The molecule has 0 spiro atoms. The van der Waals surface area contributed by atoms with E-state index >= 15 is 0 Å². The van der Waals surface area contributed by atoms with Crippen LogP contribution in [0.5, 0.6) is 0 Å². The molecule has 3 N–H and O–H groups in total. The molecule has 0 bridgehead atoms. The van der Waals surface area contributed by atoms with E-state index in [1.807, 2.05) is 40.3 Å². The van der Waals surface area contributed by atoms with E-state index in [2.05, 4.69) is 17.4 Å². The first-order chi connectivity index (χ1) is 13.9. The zero-order valence-corrected chi connectivity index (χ0v) is 17.0. The number of aromatic nitrogens is 1. The molecule has 148 valence electrons. The van der Waals surface area contributed by atoms with Gasteiger partial charge in [0.25, 0.3) is 5.91 Å². The summed E-state index contributed by atoms with van der Waals surface area (Å²) in [4.78, 5) is 12.9. The van der Waals surface area contributed by atoms with Crippen LogP contribution in [0.15, 0.2) is 77.0 Å². The van der Waals surface area contributed by atoms with E-state index in [0.29, 0.717) is 17.9 Å². The summed E-state index contributed by atoms with van der Waals surface area (Å²) in [6.45, 7) is 0.678. The number of amides is 1. The van der Waals surface area contributed by atoms with Crippen LogP contribution in [-0.4, -0.2) is 18.9 Å². The van der Waals surface area contributed by atoms with Crippen LogP contribution in [0.1, 0.15) is 16.1 Å². The van der Waals surface area contributed by atoms with Gasteiger partial charge in [0, 0.05) is 12.2 Å². The number of rotatable bonds is 6. The molecule has 1 amide bonds. The number of primary sulfonamides is 1. The van der Waals surface area contributed by atoms with Crippen molar-refractivity contribution < 1.29 is 13.2 Å². The Bertz CT molecular complexity index is 1260. The monoisotopic (exact) mass is 425 g/mol. The zero-order valence-electron chi connectivity index (χ0n) is 15.4. The van der Waals surface area contributed by atoms with Gasteiger partial charge in [0.1, 0.15) is 5.69 Å². The fraction of sp³-hybridized carbons (Fsp3) is 0.0952. The third-order valence-electron chi connectivity index (χ3n) is 4.66. The molecule has 2 aromatic carbocycles. The van der Waals surface area contributed by atoms with Gasteiger partial charge in [-0.2, -0.15) is 0 Å². The highest BCUT2D eigenvalue weighted by Gasteiger charge is 2.17. The summed E-state index contributed by atoms with van der Waals surface area (Å²) in [5.41, 5.74) is 3.30. The second-order valence-corrected chi connectivity index (χ2v) is 9.12. The predicted molar refractivity (Wildman–Crippen MR) is 116 cm³/mol. The molecule has 8 heteroatoms. The molecule has 0 aliphatic heterocycles. The number of nitrogens with one attached hydrogen (secondary N) is 1. The molecule has 0 fully saturated rings. The summed E-state index contributed by atoms with van der Waals surface area (Å²) in [5, 5.41) is 9.96. The molecular formula is C21H19N3O3S2. The Labute approximate surface area is 172 Å². The van der Waals surface area contributed by atoms with Crippen molar-refractivity contribution in [2.45, 2.75) is 17.9 Å². The van der Waals surface area contributed by atoms with Crippen LogP contribution in [0.3, 0.4) is 0 Å². The van der Waals surface area contributed by atoms with Crippen LogP contribution in [-0.2, 0) is 23.0 Å². The second kappa shape index (κ2) is 7.82.